The van der Waals surface area contributed by atoms with Gasteiger partial charge in [0.25, 0.3) is 0 Å². The van der Waals surface area contributed by atoms with E-state index in [1.807, 2.05) is 29.4 Å². The highest BCUT2D eigenvalue weighted by Gasteiger charge is 2.26. The number of hydrogen-bond donors (Lipinski definition) is 3. The summed E-state index contributed by atoms with van der Waals surface area (Å²) in [7, 11) is 0. The van der Waals surface area contributed by atoms with Gasteiger partial charge in [-0.2, -0.15) is 0 Å². The van der Waals surface area contributed by atoms with Crippen LogP contribution in [0.5, 0.6) is 0 Å². The number of aliphatic carboxylic acids is 1. The number of aromatic nitrogens is 2. The minimum absolute atomic E-state index is 0.118. The van der Waals surface area contributed by atoms with Gasteiger partial charge in [0, 0.05) is 69.5 Å². The number of benzene rings is 1. The van der Waals surface area contributed by atoms with Crippen LogP contribution in [0.2, 0.25) is 0 Å². The van der Waals surface area contributed by atoms with Crippen LogP contribution >= 0.6 is 0 Å². The van der Waals surface area contributed by atoms with E-state index in [4.69, 9.17) is 15.8 Å². The zero-order valence-electron chi connectivity index (χ0n) is 21.8. The Labute approximate surface area is 224 Å². The molecular weight excluding hydrogens is 478 g/mol. The van der Waals surface area contributed by atoms with E-state index in [9.17, 15) is 4.79 Å². The lowest BCUT2D eigenvalue weighted by molar-refractivity contribution is -0.138. The Balaban J connectivity index is 1.20. The Morgan fingerprint density at radius 2 is 1.84 bits per heavy atom. The normalized spacial score (nSPS) is 19.0. The van der Waals surface area contributed by atoms with Gasteiger partial charge in [-0.15, -0.1) is 0 Å². The fourth-order valence-corrected chi connectivity index (χ4v) is 5.50. The van der Waals surface area contributed by atoms with Gasteiger partial charge in [0.2, 0.25) is 0 Å². The van der Waals surface area contributed by atoms with Crippen LogP contribution in [0.25, 0.3) is 11.1 Å². The van der Waals surface area contributed by atoms with E-state index >= 15 is 0 Å². The predicted molar refractivity (Wildman–Crippen MR) is 149 cm³/mol. The summed E-state index contributed by atoms with van der Waals surface area (Å²) >= 11 is 0. The van der Waals surface area contributed by atoms with Crippen LogP contribution in [0, 0.1) is 0 Å². The van der Waals surface area contributed by atoms with Crippen LogP contribution in [0.15, 0.2) is 60.9 Å². The van der Waals surface area contributed by atoms with Gasteiger partial charge in [-0.3, -0.25) is 24.5 Å². The molecule has 2 aliphatic heterocycles. The van der Waals surface area contributed by atoms with E-state index in [1.54, 1.807) is 0 Å². The topological polar surface area (TPSA) is 111 Å². The third-order valence-corrected chi connectivity index (χ3v) is 7.43. The molecule has 4 N–H and O–H groups in total. The summed E-state index contributed by atoms with van der Waals surface area (Å²) in [6, 6.07) is 17.1. The second kappa shape index (κ2) is 12.4. The molecule has 9 heteroatoms. The third kappa shape index (κ3) is 6.73. The highest BCUT2D eigenvalue weighted by molar-refractivity contribution is 5.69. The SMILES string of the molecule is NCCN1CCCC1c1ccc(-c2ccnc(Nc3cccc(CN4CCN(CC(=O)O)CC4)c3)c2)cn1. The summed E-state index contributed by atoms with van der Waals surface area (Å²) in [4.78, 5) is 27.1. The molecule has 5 rings (SSSR count). The maximum atomic E-state index is 10.9. The first-order valence-electron chi connectivity index (χ1n) is 13.5. The molecule has 9 nitrogen and oxygen atoms in total. The second-order valence-electron chi connectivity index (χ2n) is 10.2. The van der Waals surface area contributed by atoms with E-state index in [0.29, 0.717) is 12.6 Å². The van der Waals surface area contributed by atoms with Crippen molar-refractivity contribution in [2.75, 3.05) is 57.7 Å². The number of carboxylic acid groups (broad SMARTS) is 1. The summed E-state index contributed by atoms with van der Waals surface area (Å²) in [5.74, 6) is 0.0258. The monoisotopic (exact) mass is 515 g/mol. The van der Waals surface area contributed by atoms with Crippen molar-refractivity contribution in [1.29, 1.82) is 0 Å². The van der Waals surface area contributed by atoms with Crippen molar-refractivity contribution in [3.05, 3.63) is 72.2 Å². The molecule has 1 aromatic carbocycles. The summed E-state index contributed by atoms with van der Waals surface area (Å²) in [5, 5.41) is 12.5. The lowest BCUT2D eigenvalue weighted by atomic mass is 10.1. The maximum Gasteiger partial charge on any atom is 0.317 e. The molecule has 2 aromatic heterocycles. The summed E-state index contributed by atoms with van der Waals surface area (Å²) < 4.78 is 0. The average Bonchev–Trinajstić information content (AvgIpc) is 3.39. The lowest BCUT2D eigenvalue weighted by Crippen LogP contribution is -2.47. The summed E-state index contributed by atoms with van der Waals surface area (Å²) in [5.41, 5.74) is 11.3. The number of pyridine rings is 2. The molecule has 2 saturated heterocycles. The lowest BCUT2D eigenvalue weighted by Gasteiger charge is -2.33. The molecule has 0 radical (unpaired) electrons. The van der Waals surface area contributed by atoms with Crippen molar-refractivity contribution in [2.45, 2.75) is 25.4 Å². The number of nitrogens with one attached hydrogen (secondary N) is 1. The number of nitrogens with two attached hydrogens (primary N) is 1. The van der Waals surface area contributed by atoms with Gasteiger partial charge < -0.3 is 16.2 Å². The highest BCUT2D eigenvalue weighted by Crippen LogP contribution is 2.31. The van der Waals surface area contributed by atoms with Crippen LogP contribution < -0.4 is 11.1 Å². The Hall–Kier alpha value is -3.37. The fourth-order valence-electron chi connectivity index (χ4n) is 5.50. The zero-order valence-corrected chi connectivity index (χ0v) is 21.8. The van der Waals surface area contributed by atoms with Crippen molar-refractivity contribution in [3.63, 3.8) is 0 Å². The van der Waals surface area contributed by atoms with E-state index in [1.165, 1.54) is 12.0 Å². The minimum Gasteiger partial charge on any atom is -0.480 e. The largest absolute Gasteiger partial charge is 0.480 e. The van der Waals surface area contributed by atoms with Gasteiger partial charge in [0.05, 0.1) is 18.3 Å². The molecule has 0 amide bonds. The molecule has 2 fully saturated rings. The molecule has 2 aliphatic rings. The quantitative estimate of drug-likeness (QED) is 0.375. The van der Waals surface area contributed by atoms with Crippen molar-refractivity contribution in [1.82, 2.24) is 24.7 Å². The number of carbonyl (C=O) groups is 1. The van der Waals surface area contributed by atoms with Gasteiger partial charge in [-0.25, -0.2) is 4.98 Å². The average molecular weight is 516 g/mol. The molecule has 3 aromatic rings. The van der Waals surface area contributed by atoms with Crippen LogP contribution in [-0.4, -0.2) is 88.1 Å². The van der Waals surface area contributed by atoms with E-state index in [2.05, 4.69) is 56.5 Å². The number of rotatable bonds is 10. The van der Waals surface area contributed by atoms with Crippen LogP contribution in [0.3, 0.4) is 0 Å². The fraction of sp³-hybridized carbons (Fsp3) is 0.414. The van der Waals surface area contributed by atoms with Gasteiger partial charge in [0.15, 0.2) is 0 Å². The Kier molecular flexibility index (Phi) is 8.60. The smallest absolute Gasteiger partial charge is 0.317 e. The Bertz CT molecular complexity index is 1210. The zero-order chi connectivity index (χ0) is 26.3. The molecule has 1 unspecified atom stereocenters. The van der Waals surface area contributed by atoms with E-state index in [-0.39, 0.29) is 6.54 Å². The summed E-state index contributed by atoms with van der Waals surface area (Å²) in [6.45, 7) is 6.94. The van der Waals surface area contributed by atoms with Gasteiger partial charge in [-0.05, 0) is 60.8 Å². The predicted octanol–water partition coefficient (Wildman–Crippen LogP) is 3.19. The van der Waals surface area contributed by atoms with Crippen molar-refractivity contribution < 1.29 is 9.90 Å². The summed E-state index contributed by atoms with van der Waals surface area (Å²) in [6.07, 6.45) is 6.12. The Morgan fingerprint density at radius 3 is 2.61 bits per heavy atom. The van der Waals surface area contributed by atoms with Crippen molar-refractivity contribution in [3.8, 4) is 11.1 Å². The first kappa shape index (κ1) is 26.2. The maximum absolute atomic E-state index is 10.9. The molecule has 200 valence electrons. The number of piperazine rings is 1. The third-order valence-electron chi connectivity index (χ3n) is 7.43. The Morgan fingerprint density at radius 1 is 1.00 bits per heavy atom. The molecule has 38 heavy (non-hydrogen) atoms. The molecule has 1 atom stereocenters. The van der Waals surface area contributed by atoms with Crippen molar-refractivity contribution >= 4 is 17.5 Å². The number of hydrogen-bond acceptors (Lipinski definition) is 8. The minimum atomic E-state index is -0.762. The van der Waals surface area contributed by atoms with E-state index in [0.717, 1.165) is 80.6 Å². The van der Waals surface area contributed by atoms with Gasteiger partial charge in [0.1, 0.15) is 5.82 Å². The number of likely N-dealkylation sites (tertiary alicyclic amines) is 1. The molecule has 0 saturated carbocycles. The van der Waals surface area contributed by atoms with Crippen molar-refractivity contribution in [2.24, 2.45) is 5.73 Å². The number of carboxylic acids is 1. The number of anilines is 2. The first-order chi connectivity index (χ1) is 18.6. The van der Waals surface area contributed by atoms with Crippen LogP contribution in [0.4, 0.5) is 11.5 Å². The van der Waals surface area contributed by atoms with Gasteiger partial charge in [-0.1, -0.05) is 18.2 Å². The molecule has 0 bridgehead atoms. The molecule has 0 aliphatic carbocycles. The van der Waals surface area contributed by atoms with E-state index < -0.39 is 5.97 Å². The number of nitrogens with zero attached hydrogens (tertiary/aromatic N) is 5. The van der Waals surface area contributed by atoms with Crippen LogP contribution in [0.1, 0.15) is 30.1 Å². The first-order valence-corrected chi connectivity index (χ1v) is 13.5. The van der Waals surface area contributed by atoms with Gasteiger partial charge >= 0.3 is 5.97 Å². The second-order valence-corrected chi connectivity index (χ2v) is 10.2. The standard InChI is InChI=1S/C29H37N7O2/c30-9-12-36-11-2-5-27(36)26-7-6-24(19-32-26)23-8-10-31-28(18-23)33-25-4-1-3-22(17-25)20-34-13-15-35(16-14-34)21-29(37)38/h1,3-4,6-8,10,17-19,27H,2,5,9,11-16,20-21,30H2,(H,31,33)(H,37,38). The van der Waals surface area contributed by atoms with Crippen LogP contribution in [-0.2, 0) is 11.3 Å². The molecule has 4 heterocycles. The highest BCUT2D eigenvalue weighted by atomic mass is 16.4. The molecular formula is C29H37N7O2. The molecule has 0 spiro atoms.